The maximum absolute atomic E-state index is 8.44. The quantitative estimate of drug-likeness (QED) is 0.294. The predicted molar refractivity (Wildman–Crippen MR) is 53.0 cm³/mol. The second kappa shape index (κ2) is 3.80. The number of aryl methyl sites for hydroxylation is 1. The average Bonchev–Trinajstić information content (AvgIpc) is 2.17. The molecule has 13 heavy (non-hydrogen) atoms. The van der Waals surface area contributed by atoms with Gasteiger partial charge in [0.1, 0.15) is 0 Å². The summed E-state index contributed by atoms with van der Waals surface area (Å²) in [6.45, 7) is 2.01. The fourth-order valence-corrected chi connectivity index (χ4v) is 0.968. The van der Waals surface area contributed by atoms with Gasteiger partial charge in [0.05, 0.1) is 0 Å². The number of guanidine groups is 1. The van der Waals surface area contributed by atoms with Gasteiger partial charge in [-0.15, -0.1) is 0 Å². The number of hydrogen-bond acceptors (Lipinski definition) is 2. The number of nitrogens with zero attached hydrogens (tertiary/aromatic N) is 2. The maximum Gasteiger partial charge on any atom is 0.237 e. The number of anilines is 1. The van der Waals surface area contributed by atoms with Gasteiger partial charge in [0.15, 0.2) is 0 Å². The molecule has 4 heteroatoms. The van der Waals surface area contributed by atoms with Gasteiger partial charge in [-0.25, -0.2) is 0 Å². The maximum atomic E-state index is 8.44. The Hall–Kier alpha value is -1.71. The van der Waals surface area contributed by atoms with Crippen LogP contribution in [0.15, 0.2) is 29.4 Å². The fourth-order valence-electron chi connectivity index (χ4n) is 0.968. The van der Waals surface area contributed by atoms with Crippen LogP contribution in [-0.2, 0) is 0 Å². The molecule has 0 saturated carbocycles. The molecule has 0 amide bonds. The van der Waals surface area contributed by atoms with E-state index < -0.39 is 0 Å². The third-order valence-electron chi connectivity index (χ3n) is 1.87. The van der Waals surface area contributed by atoms with Crippen molar-refractivity contribution in [2.75, 3.05) is 11.9 Å². The summed E-state index contributed by atoms with van der Waals surface area (Å²) in [7, 11) is 1.74. The van der Waals surface area contributed by atoms with Crippen molar-refractivity contribution >= 4 is 11.6 Å². The molecule has 4 nitrogen and oxygen atoms in total. The van der Waals surface area contributed by atoms with Crippen LogP contribution in [0.1, 0.15) is 5.56 Å². The highest BCUT2D eigenvalue weighted by Crippen LogP contribution is 2.12. The Bertz CT molecular complexity index is 305. The Morgan fingerprint density at radius 1 is 1.38 bits per heavy atom. The van der Waals surface area contributed by atoms with Gasteiger partial charge in [0, 0.05) is 12.7 Å². The molecular formula is C9H13N3O. The van der Waals surface area contributed by atoms with Crippen molar-refractivity contribution in [2.45, 2.75) is 6.92 Å². The van der Waals surface area contributed by atoms with E-state index in [4.69, 9.17) is 10.9 Å². The molecule has 0 aliphatic rings. The van der Waals surface area contributed by atoms with Crippen LogP contribution in [0.4, 0.5) is 5.69 Å². The molecule has 70 valence electrons. The van der Waals surface area contributed by atoms with Crippen LogP contribution in [-0.4, -0.2) is 18.2 Å². The molecule has 0 radical (unpaired) electrons. The van der Waals surface area contributed by atoms with E-state index in [-0.39, 0.29) is 5.96 Å². The Morgan fingerprint density at radius 2 is 1.92 bits per heavy atom. The van der Waals surface area contributed by atoms with E-state index in [0.29, 0.717) is 0 Å². The minimum absolute atomic E-state index is 0.0730. The van der Waals surface area contributed by atoms with Gasteiger partial charge >= 0.3 is 0 Å². The summed E-state index contributed by atoms with van der Waals surface area (Å²) in [5.74, 6) is 0.0730. The van der Waals surface area contributed by atoms with Crippen molar-refractivity contribution in [2.24, 2.45) is 10.9 Å². The van der Waals surface area contributed by atoms with Crippen LogP contribution >= 0.6 is 0 Å². The molecule has 0 saturated heterocycles. The van der Waals surface area contributed by atoms with Crippen molar-refractivity contribution in [1.82, 2.24) is 0 Å². The van der Waals surface area contributed by atoms with Crippen LogP contribution in [0.25, 0.3) is 0 Å². The standard InChI is InChI=1S/C9H13N3O/c1-7-3-5-8(6-4-7)12(2)9(10)11-13/h3-6,13H,1-2H3,(H2,10,11). The zero-order chi connectivity index (χ0) is 9.84. The SMILES string of the molecule is Cc1ccc(N(C)/C(N)=N/O)cc1. The monoisotopic (exact) mass is 179 g/mol. The van der Waals surface area contributed by atoms with E-state index in [0.717, 1.165) is 5.69 Å². The minimum atomic E-state index is 0.0730. The van der Waals surface area contributed by atoms with Gasteiger partial charge in [-0.05, 0) is 19.1 Å². The lowest BCUT2D eigenvalue weighted by Crippen LogP contribution is -2.33. The molecule has 0 unspecified atom stereocenters. The topological polar surface area (TPSA) is 61.8 Å². The average molecular weight is 179 g/mol. The zero-order valence-electron chi connectivity index (χ0n) is 7.73. The number of oxime groups is 1. The molecule has 0 atom stereocenters. The first-order chi connectivity index (χ1) is 6.15. The van der Waals surface area contributed by atoms with Crippen molar-refractivity contribution in [3.05, 3.63) is 29.8 Å². The number of benzene rings is 1. The molecule has 1 rings (SSSR count). The van der Waals surface area contributed by atoms with Gasteiger partial charge in [-0.2, -0.15) is 0 Å². The summed E-state index contributed by atoms with van der Waals surface area (Å²) in [5, 5.41) is 11.3. The smallest absolute Gasteiger partial charge is 0.237 e. The minimum Gasteiger partial charge on any atom is -0.408 e. The van der Waals surface area contributed by atoms with Gasteiger partial charge in [0.25, 0.3) is 0 Å². The molecule has 1 aromatic rings. The Kier molecular flexibility index (Phi) is 2.74. The molecular weight excluding hydrogens is 166 g/mol. The Balaban J connectivity index is 2.89. The van der Waals surface area contributed by atoms with Crippen LogP contribution < -0.4 is 10.6 Å². The summed E-state index contributed by atoms with van der Waals surface area (Å²) < 4.78 is 0. The number of hydrogen-bond donors (Lipinski definition) is 2. The van der Waals surface area contributed by atoms with Crippen LogP contribution in [0.2, 0.25) is 0 Å². The van der Waals surface area contributed by atoms with E-state index in [1.165, 1.54) is 5.56 Å². The predicted octanol–water partition coefficient (Wildman–Crippen LogP) is 1.14. The van der Waals surface area contributed by atoms with Crippen LogP contribution in [0.5, 0.6) is 0 Å². The van der Waals surface area contributed by atoms with E-state index >= 15 is 0 Å². The summed E-state index contributed by atoms with van der Waals surface area (Å²) in [5.41, 5.74) is 7.48. The lowest BCUT2D eigenvalue weighted by Gasteiger charge is -2.16. The first kappa shape index (κ1) is 9.38. The van der Waals surface area contributed by atoms with E-state index in [2.05, 4.69) is 5.16 Å². The number of rotatable bonds is 1. The molecule has 0 bridgehead atoms. The van der Waals surface area contributed by atoms with E-state index in [1.54, 1.807) is 11.9 Å². The first-order valence-corrected chi connectivity index (χ1v) is 3.93. The Morgan fingerprint density at radius 3 is 2.38 bits per heavy atom. The highest BCUT2D eigenvalue weighted by atomic mass is 16.4. The summed E-state index contributed by atoms with van der Waals surface area (Å²) in [4.78, 5) is 1.60. The van der Waals surface area contributed by atoms with Crippen molar-refractivity contribution in [3.8, 4) is 0 Å². The fraction of sp³-hybridized carbons (Fsp3) is 0.222. The molecule has 0 heterocycles. The molecule has 0 aliphatic heterocycles. The van der Waals surface area contributed by atoms with Crippen molar-refractivity contribution in [3.63, 3.8) is 0 Å². The van der Waals surface area contributed by atoms with Crippen molar-refractivity contribution in [1.29, 1.82) is 0 Å². The van der Waals surface area contributed by atoms with Gasteiger partial charge in [-0.1, -0.05) is 22.9 Å². The molecule has 0 aliphatic carbocycles. The van der Waals surface area contributed by atoms with Gasteiger partial charge in [0.2, 0.25) is 5.96 Å². The normalized spacial score (nSPS) is 11.4. The summed E-state index contributed by atoms with van der Waals surface area (Å²) >= 11 is 0. The zero-order valence-corrected chi connectivity index (χ0v) is 7.73. The largest absolute Gasteiger partial charge is 0.408 e. The summed E-state index contributed by atoms with van der Waals surface area (Å²) in [6.07, 6.45) is 0. The second-order valence-corrected chi connectivity index (χ2v) is 2.85. The van der Waals surface area contributed by atoms with Gasteiger partial charge in [-0.3, -0.25) is 0 Å². The van der Waals surface area contributed by atoms with Crippen LogP contribution in [0, 0.1) is 6.92 Å². The van der Waals surface area contributed by atoms with Crippen LogP contribution in [0.3, 0.4) is 0 Å². The lowest BCUT2D eigenvalue weighted by molar-refractivity contribution is 0.317. The van der Waals surface area contributed by atoms with E-state index in [9.17, 15) is 0 Å². The summed E-state index contributed by atoms with van der Waals surface area (Å²) in [6, 6.07) is 7.76. The first-order valence-electron chi connectivity index (χ1n) is 3.93. The molecule has 0 spiro atoms. The van der Waals surface area contributed by atoms with E-state index in [1.807, 2.05) is 31.2 Å². The lowest BCUT2D eigenvalue weighted by atomic mass is 10.2. The highest BCUT2D eigenvalue weighted by Gasteiger charge is 2.03. The number of nitrogens with two attached hydrogens (primary N) is 1. The molecule has 0 aromatic heterocycles. The second-order valence-electron chi connectivity index (χ2n) is 2.85. The van der Waals surface area contributed by atoms with Gasteiger partial charge < -0.3 is 15.8 Å². The molecule has 0 fully saturated rings. The molecule has 3 N–H and O–H groups in total. The third-order valence-corrected chi connectivity index (χ3v) is 1.87. The molecule has 1 aromatic carbocycles. The Labute approximate surface area is 77.3 Å². The van der Waals surface area contributed by atoms with Crippen molar-refractivity contribution < 1.29 is 5.21 Å². The highest BCUT2D eigenvalue weighted by molar-refractivity contribution is 5.93. The third kappa shape index (κ3) is 2.11.